The minimum Gasteiger partial charge on any atom is -0.479 e. The molecular weight excluding hydrogens is 304 g/mol. The third kappa shape index (κ3) is 4.07. The normalized spacial score (nSPS) is 19.2. The first-order valence-corrected chi connectivity index (χ1v) is 6.08. The first kappa shape index (κ1) is 20.1. The molecule has 0 fully saturated rings. The van der Waals surface area contributed by atoms with Gasteiger partial charge in [0, 0.05) is 0 Å². The molecule has 126 valence electrons. The van der Waals surface area contributed by atoms with Crippen molar-refractivity contribution in [1.29, 1.82) is 0 Å². The molecule has 0 amide bonds. The van der Waals surface area contributed by atoms with Crippen molar-refractivity contribution in [3.05, 3.63) is 0 Å². The van der Waals surface area contributed by atoms with Crippen molar-refractivity contribution in [2.75, 3.05) is 6.61 Å². The number of carbonyl (C=O) groups is 4. The van der Waals surface area contributed by atoms with Crippen LogP contribution in [0.2, 0.25) is 0 Å². The predicted molar refractivity (Wildman–Crippen MR) is 67.5 cm³/mol. The molecule has 0 saturated carbocycles. The monoisotopic (exact) mass is 322 g/mol. The molecule has 4 atom stereocenters. The molecule has 0 aromatic carbocycles. The van der Waals surface area contributed by atoms with Crippen LogP contribution in [0.4, 0.5) is 0 Å². The molecule has 5 N–H and O–H groups in total. The van der Waals surface area contributed by atoms with Crippen LogP contribution >= 0.6 is 0 Å². The lowest BCUT2D eigenvalue weighted by atomic mass is 9.95. The van der Waals surface area contributed by atoms with E-state index in [1.165, 1.54) is 0 Å². The van der Waals surface area contributed by atoms with E-state index in [1.54, 1.807) is 0 Å². The maximum absolute atomic E-state index is 11.6. The van der Waals surface area contributed by atoms with Gasteiger partial charge >= 0.3 is 11.9 Å². The summed E-state index contributed by atoms with van der Waals surface area (Å²) >= 11 is 0. The Balaban J connectivity index is 5.18. The number of ether oxygens (including phenoxy) is 1. The van der Waals surface area contributed by atoms with Gasteiger partial charge in [-0.3, -0.25) is 9.59 Å². The van der Waals surface area contributed by atoms with Crippen molar-refractivity contribution >= 4 is 23.5 Å². The Morgan fingerprint density at radius 1 is 1.00 bits per heavy atom. The Hall–Kier alpha value is -1.88. The van der Waals surface area contributed by atoms with Crippen molar-refractivity contribution in [2.45, 2.75) is 44.2 Å². The second-order valence-corrected chi connectivity index (χ2v) is 4.89. The van der Waals surface area contributed by atoms with E-state index in [1.807, 2.05) is 0 Å². The lowest BCUT2D eigenvalue weighted by Gasteiger charge is -2.26. The van der Waals surface area contributed by atoms with Gasteiger partial charge in [-0.2, -0.15) is 0 Å². The van der Waals surface area contributed by atoms with Crippen molar-refractivity contribution in [3.63, 3.8) is 0 Å². The third-order valence-corrected chi connectivity index (χ3v) is 2.81. The number of aliphatic hydroxyl groups excluding tert-OH is 2. The summed E-state index contributed by atoms with van der Waals surface area (Å²) < 4.78 is 4.29. The second kappa shape index (κ2) is 6.92. The smallest absolute Gasteiger partial charge is 0.347 e. The summed E-state index contributed by atoms with van der Waals surface area (Å²) in [6.45, 7) is 1.13. The first-order chi connectivity index (χ1) is 9.78. The number of carboxylic acids is 1. The van der Waals surface area contributed by atoms with Crippen LogP contribution in [0.25, 0.3) is 0 Å². The summed E-state index contributed by atoms with van der Waals surface area (Å²) in [4.78, 5) is 45.4. The van der Waals surface area contributed by atoms with Crippen molar-refractivity contribution < 1.29 is 49.4 Å². The number of aliphatic hydroxyl groups is 4. The number of hydrogen-bond donors (Lipinski definition) is 5. The summed E-state index contributed by atoms with van der Waals surface area (Å²) in [7, 11) is 0. The molecule has 0 saturated heterocycles. The maximum Gasteiger partial charge on any atom is 0.347 e. The van der Waals surface area contributed by atoms with Crippen LogP contribution in [0.15, 0.2) is 0 Å². The van der Waals surface area contributed by atoms with Crippen molar-refractivity contribution in [1.82, 2.24) is 0 Å². The number of esters is 1. The van der Waals surface area contributed by atoms with Gasteiger partial charge in [0.15, 0.2) is 0 Å². The predicted octanol–water partition coefficient (Wildman–Crippen LogP) is -3.00. The number of carbonyl (C=O) groups excluding carboxylic acids is 3. The fraction of sp³-hybridized carbons (Fsp3) is 0.667. The van der Waals surface area contributed by atoms with E-state index >= 15 is 0 Å². The minimum absolute atomic E-state index is 0.695. The summed E-state index contributed by atoms with van der Waals surface area (Å²) in [5, 5.41) is 46.2. The number of ketones is 2. The zero-order valence-corrected chi connectivity index (χ0v) is 12.1. The molecule has 0 aliphatic carbocycles. The maximum atomic E-state index is 11.6. The average molecular weight is 322 g/mol. The molecule has 0 aliphatic rings. The van der Waals surface area contributed by atoms with Gasteiger partial charge in [0.2, 0.25) is 17.2 Å². The molecule has 0 bridgehead atoms. The third-order valence-electron chi connectivity index (χ3n) is 2.81. The van der Waals surface area contributed by atoms with Gasteiger partial charge in [0.05, 0.1) is 0 Å². The van der Waals surface area contributed by atoms with Gasteiger partial charge in [-0.15, -0.1) is 0 Å². The lowest BCUT2D eigenvalue weighted by molar-refractivity contribution is -0.185. The summed E-state index contributed by atoms with van der Waals surface area (Å²) in [5.41, 5.74) is -6.05. The molecule has 0 aromatic rings. The molecule has 0 heterocycles. The molecule has 10 nitrogen and oxygen atoms in total. The summed E-state index contributed by atoms with van der Waals surface area (Å²) in [6, 6.07) is 0. The van der Waals surface area contributed by atoms with Crippen LogP contribution in [-0.2, 0) is 23.9 Å². The van der Waals surface area contributed by atoms with Crippen LogP contribution in [-0.4, -0.2) is 79.1 Å². The highest BCUT2D eigenvalue weighted by atomic mass is 16.6. The van der Waals surface area contributed by atoms with Crippen LogP contribution in [0.1, 0.15) is 20.8 Å². The number of rotatable bonds is 8. The van der Waals surface area contributed by atoms with Gasteiger partial charge in [-0.25, -0.2) is 9.59 Å². The first-order valence-electron chi connectivity index (χ1n) is 6.08. The van der Waals surface area contributed by atoms with Crippen molar-refractivity contribution in [2.24, 2.45) is 0 Å². The number of hydrogen-bond acceptors (Lipinski definition) is 9. The highest BCUT2D eigenvalue weighted by Crippen LogP contribution is 2.15. The Labute approximate surface area is 124 Å². The largest absolute Gasteiger partial charge is 0.479 e. The molecule has 4 unspecified atom stereocenters. The number of carboxylic acid groups (broad SMARTS) is 1. The highest BCUT2D eigenvalue weighted by Gasteiger charge is 2.49. The zero-order valence-electron chi connectivity index (χ0n) is 12.1. The van der Waals surface area contributed by atoms with Crippen LogP contribution in [0.5, 0.6) is 0 Å². The van der Waals surface area contributed by atoms with Gasteiger partial charge in [0.1, 0.15) is 18.8 Å². The van der Waals surface area contributed by atoms with Gasteiger partial charge < -0.3 is 30.3 Å². The highest BCUT2D eigenvalue weighted by molar-refractivity contribution is 6.10. The molecule has 0 aliphatic heterocycles. The van der Waals surface area contributed by atoms with E-state index in [4.69, 9.17) is 15.3 Å². The van der Waals surface area contributed by atoms with Crippen LogP contribution in [0, 0.1) is 0 Å². The quantitative estimate of drug-likeness (QED) is 0.228. The number of Topliss-reactive ketones (excluding diaryl/α,β-unsaturated/α-hetero) is 2. The Kier molecular flexibility index (Phi) is 6.33. The van der Waals surface area contributed by atoms with Crippen molar-refractivity contribution in [3.8, 4) is 0 Å². The molecule has 10 heteroatoms. The molecular formula is C12H18O10. The summed E-state index contributed by atoms with van der Waals surface area (Å²) in [6.07, 6.45) is -3.57. The van der Waals surface area contributed by atoms with Gasteiger partial charge in [-0.05, 0) is 20.8 Å². The van der Waals surface area contributed by atoms with Gasteiger partial charge in [-0.1, -0.05) is 0 Å². The van der Waals surface area contributed by atoms with Crippen LogP contribution in [0.3, 0.4) is 0 Å². The fourth-order valence-corrected chi connectivity index (χ4v) is 1.40. The Morgan fingerprint density at radius 3 is 1.73 bits per heavy atom. The Morgan fingerprint density at radius 2 is 1.41 bits per heavy atom. The molecule has 22 heavy (non-hydrogen) atoms. The minimum atomic E-state index is -3.24. The lowest BCUT2D eigenvalue weighted by Crippen LogP contribution is -2.56. The Bertz CT molecular complexity index is 478. The molecule has 0 radical (unpaired) electrons. The van der Waals surface area contributed by atoms with E-state index in [-0.39, 0.29) is 0 Å². The number of aliphatic carboxylic acids is 1. The zero-order chi connectivity index (χ0) is 17.9. The molecule has 0 spiro atoms. The van der Waals surface area contributed by atoms with E-state index in [0.29, 0.717) is 6.92 Å². The van der Waals surface area contributed by atoms with E-state index < -0.39 is 53.5 Å². The second-order valence-electron chi connectivity index (χ2n) is 4.89. The van der Waals surface area contributed by atoms with E-state index in [0.717, 1.165) is 13.8 Å². The molecule has 0 rings (SSSR count). The van der Waals surface area contributed by atoms with E-state index in [2.05, 4.69) is 4.74 Å². The standard InChI is InChI=1S/C12H18O10/c1-5(13)7(15)11(3,20)10(19)22-4-12(21,9(17)18)8(16)6(2)14/h5-6,13-14,20-21H,4H2,1-3H3,(H,17,18). The average Bonchev–Trinajstić information content (AvgIpc) is 2.41. The van der Waals surface area contributed by atoms with Crippen LogP contribution < -0.4 is 0 Å². The van der Waals surface area contributed by atoms with E-state index in [9.17, 15) is 29.4 Å². The fourth-order valence-electron chi connectivity index (χ4n) is 1.40. The SMILES string of the molecule is CC(O)C(=O)C(C)(O)C(=O)OCC(O)(C(=O)O)C(=O)C(C)O. The molecule has 0 aromatic heterocycles. The van der Waals surface area contributed by atoms with Gasteiger partial charge in [0.25, 0.3) is 5.60 Å². The topological polar surface area (TPSA) is 179 Å². The summed E-state index contributed by atoms with van der Waals surface area (Å²) in [5.74, 6) is -6.63.